The van der Waals surface area contributed by atoms with E-state index in [0.717, 1.165) is 19.3 Å². The molecule has 0 rings (SSSR count). The molecule has 0 amide bonds. The monoisotopic (exact) mass is 600 g/mol. The van der Waals surface area contributed by atoms with Gasteiger partial charge < -0.3 is 35.3 Å². The van der Waals surface area contributed by atoms with Gasteiger partial charge in [0.05, 0.1) is 46.5 Å². The van der Waals surface area contributed by atoms with Crippen molar-refractivity contribution in [3.05, 3.63) is 12.2 Å². The third kappa shape index (κ3) is 57.0. The zero-order valence-corrected chi connectivity index (χ0v) is 27.4. The molecule has 2 atom stereocenters. The summed E-state index contributed by atoms with van der Waals surface area (Å²) in [5.41, 5.74) is 0. The molecule has 0 aliphatic carbocycles. The van der Waals surface area contributed by atoms with E-state index in [-0.39, 0.29) is 19.3 Å². The van der Waals surface area contributed by atoms with Crippen LogP contribution in [0.25, 0.3) is 0 Å². The maximum atomic E-state index is 10.3. The van der Waals surface area contributed by atoms with Gasteiger partial charge in [-0.15, -0.1) is 0 Å². The van der Waals surface area contributed by atoms with E-state index in [9.17, 15) is 22.9 Å². The van der Waals surface area contributed by atoms with Crippen molar-refractivity contribution in [2.24, 2.45) is 0 Å². The van der Waals surface area contributed by atoms with E-state index < -0.39 is 34.7 Å². The fraction of sp³-hybridized carbons (Fsp3) is 0.897. The standard InChI is InChI=1S/C18H34O2.C7H16O6S.2C2H7N/c1-2-3-4-5-6-7-8-9-10-11-12-13-14-15-16-17-18(19)20;1-5(8)3-7(4-6(2)9)13-14(10,11)12;2*1-3-2/h9-10H,2-8,11-17H2,1H3,(H,19,20);5-9H,3-4H2,1-2H3,(H,10,11,12);2*3H,1-2H3/b10-9-;;;. The van der Waals surface area contributed by atoms with Crippen LogP contribution < -0.4 is 15.7 Å². The molecule has 0 aromatic heterocycles. The first-order valence-electron chi connectivity index (χ1n) is 15.1. The van der Waals surface area contributed by atoms with Gasteiger partial charge in [0.25, 0.3) is 0 Å². The molecule has 0 aromatic carbocycles. The third-order valence-corrected chi connectivity index (χ3v) is 5.61. The Hall–Kier alpha value is -1.08. The number of nitrogens with two attached hydrogens (primary N) is 2. The molecule has 2 unspecified atom stereocenters. The molecule has 0 aliphatic heterocycles. The fourth-order valence-corrected chi connectivity index (χ4v) is 3.93. The second-order valence-electron chi connectivity index (χ2n) is 10.2. The minimum Gasteiger partial charge on any atom is -0.726 e. The van der Waals surface area contributed by atoms with Crippen LogP contribution in [-0.2, 0) is 19.4 Å². The van der Waals surface area contributed by atoms with Crippen molar-refractivity contribution >= 4 is 16.4 Å². The average molecular weight is 601 g/mol. The van der Waals surface area contributed by atoms with Crippen molar-refractivity contribution in [2.45, 2.75) is 142 Å². The van der Waals surface area contributed by atoms with Crippen LogP contribution in [0, 0.1) is 0 Å². The molecule has 0 saturated heterocycles. The summed E-state index contributed by atoms with van der Waals surface area (Å²) in [5.74, 6) is -0.914. The van der Waals surface area contributed by atoms with Gasteiger partial charge in [-0.2, -0.15) is 0 Å². The summed E-state index contributed by atoms with van der Waals surface area (Å²) >= 11 is 0. The molecule has 0 aliphatic rings. The summed E-state index contributed by atoms with van der Waals surface area (Å²) in [7, 11) is 3.21. The largest absolute Gasteiger partial charge is 0.726 e. The zero-order chi connectivity index (χ0) is 31.7. The number of carbonyl (C=O) groups is 1. The van der Waals surface area contributed by atoms with Crippen LogP contribution in [0.4, 0.5) is 0 Å². The first kappa shape index (κ1) is 45.9. The molecule has 0 aromatic rings. The number of rotatable bonds is 21. The quantitative estimate of drug-likeness (QED) is 0.0666. The van der Waals surface area contributed by atoms with E-state index in [1.807, 2.05) is 38.8 Å². The molecule has 244 valence electrons. The Balaban J connectivity index is -0.000000280. The van der Waals surface area contributed by atoms with Crippen molar-refractivity contribution in [2.75, 3.05) is 28.2 Å². The summed E-state index contributed by atoms with van der Waals surface area (Å²) in [6, 6.07) is 0. The lowest BCUT2D eigenvalue weighted by Crippen LogP contribution is -2.74. The highest BCUT2D eigenvalue weighted by Gasteiger charge is 2.17. The lowest BCUT2D eigenvalue weighted by molar-refractivity contribution is -0.597. The molecule has 11 heteroatoms. The van der Waals surface area contributed by atoms with Gasteiger partial charge in [0.1, 0.15) is 0 Å². The SMILES string of the molecule is CC(O)CC(CC(C)O)OS(=O)(=O)[O-].CCCCCCCC/C=C\CCCCCCCC(=O)[O-].C[NH2+]C.C[NH2+]C. The molecule has 40 heavy (non-hydrogen) atoms. The number of aliphatic hydroxyl groups is 2. The van der Waals surface area contributed by atoms with Gasteiger partial charge in [-0.3, -0.25) is 4.18 Å². The van der Waals surface area contributed by atoms with Crippen LogP contribution in [0.15, 0.2) is 12.2 Å². The molecule has 0 spiro atoms. The Kier molecular flexibility index (Phi) is 41.2. The third-order valence-electron chi connectivity index (χ3n) is 5.10. The Labute approximate surface area is 246 Å². The maximum absolute atomic E-state index is 10.3. The van der Waals surface area contributed by atoms with Gasteiger partial charge in [0, 0.05) is 18.8 Å². The maximum Gasteiger partial charge on any atom is 0.217 e. The number of hydrogen-bond donors (Lipinski definition) is 4. The number of hydrogen-bond acceptors (Lipinski definition) is 8. The number of allylic oxidation sites excluding steroid dienone is 2. The van der Waals surface area contributed by atoms with Crippen molar-refractivity contribution < 1.29 is 47.9 Å². The molecule has 10 nitrogen and oxygen atoms in total. The van der Waals surface area contributed by atoms with Gasteiger partial charge in [0.15, 0.2) is 0 Å². The number of carboxylic acids is 1. The summed E-state index contributed by atoms with van der Waals surface area (Å²) < 4.78 is 34.9. The van der Waals surface area contributed by atoms with Gasteiger partial charge >= 0.3 is 0 Å². The number of aliphatic hydroxyl groups excluding tert-OH is 2. The van der Waals surface area contributed by atoms with E-state index in [0.29, 0.717) is 0 Å². The van der Waals surface area contributed by atoms with Crippen molar-refractivity contribution in [1.82, 2.24) is 0 Å². The van der Waals surface area contributed by atoms with Crippen LogP contribution in [0.2, 0.25) is 0 Å². The highest BCUT2D eigenvalue weighted by Crippen LogP contribution is 2.12. The Morgan fingerprint density at radius 1 is 0.775 bits per heavy atom. The molecule has 6 N–H and O–H groups in total. The van der Waals surface area contributed by atoms with E-state index in [2.05, 4.69) is 23.3 Å². The van der Waals surface area contributed by atoms with E-state index in [1.54, 1.807) is 0 Å². The van der Waals surface area contributed by atoms with Crippen molar-refractivity contribution in [3.8, 4) is 0 Å². The van der Waals surface area contributed by atoms with Gasteiger partial charge in [-0.05, 0) is 52.4 Å². The molecule has 0 heterocycles. The van der Waals surface area contributed by atoms with E-state index in [1.165, 1.54) is 78.1 Å². The molecular formula is C29H64N2O8S. The summed E-state index contributed by atoms with van der Waals surface area (Å²) in [6.45, 7) is 5.14. The van der Waals surface area contributed by atoms with Crippen LogP contribution in [0.1, 0.15) is 124 Å². The van der Waals surface area contributed by atoms with E-state index >= 15 is 0 Å². The normalized spacial score (nSPS) is 13.2. The molecule has 0 saturated carbocycles. The molecule has 0 fully saturated rings. The van der Waals surface area contributed by atoms with Crippen LogP contribution in [0.5, 0.6) is 0 Å². The highest BCUT2D eigenvalue weighted by molar-refractivity contribution is 7.80. The summed E-state index contributed by atoms with van der Waals surface area (Å²) in [5, 5.41) is 32.2. The lowest BCUT2D eigenvalue weighted by Gasteiger charge is -2.21. The lowest BCUT2D eigenvalue weighted by atomic mass is 10.1. The van der Waals surface area contributed by atoms with Crippen LogP contribution in [-0.4, -0.2) is 75.7 Å². The smallest absolute Gasteiger partial charge is 0.217 e. The molecule has 0 radical (unpaired) electrons. The first-order valence-corrected chi connectivity index (χ1v) is 16.5. The zero-order valence-electron chi connectivity index (χ0n) is 26.6. The number of aliphatic carboxylic acids is 1. The van der Waals surface area contributed by atoms with Gasteiger partial charge in [-0.25, -0.2) is 8.42 Å². The minimum atomic E-state index is -4.79. The topological polar surface area (TPSA) is 180 Å². The van der Waals surface area contributed by atoms with E-state index in [4.69, 9.17) is 10.2 Å². The minimum absolute atomic E-state index is 0.00757. The number of quaternary nitrogens is 2. The second-order valence-corrected chi connectivity index (χ2v) is 11.2. The predicted molar refractivity (Wildman–Crippen MR) is 159 cm³/mol. The van der Waals surface area contributed by atoms with Crippen molar-refractivity contribution in [3.63, 3.8) is 0 Å². The number of carboxylic acid groups (broad SMARTS) is 1. The Morgan fingerprint density at radius 2 is 1.12 bits per heavy atom. The van der Waals surface area contributed by atoms with Crippen LogP contribution in [0.3, 0.4) is 0 Å². The van der Waals surface area contributed by atoms with Gasteiger partial charge in [-0.1, -0.05) is 70.4 Å². The van der Waals surface area contributed by atoms with Crippen molar-refractivity contribution in [1.29, 1.82) is 0 Å². The highest BCUT2D eigenvalue weighted by atomic mass is 32.3. The predicted octanol–water partition coefficient (Wildman–Crippen LogP) is 1.77. The second kappa shape index (κ2) is 35.9. The molecule has 0 bridgehead atoms. The summed E-state index contributed by atoms with van der Waals surface area (Å²) in [6.07, 6.45) is 18.3. The first-order chi connectivity index (χ1) is 18.8. The Bertz CT molecular complexity index is 618. The summed E-state index contributed by atoms with van der Waals surface area (Å²) in [4.78, 5) is 10.2. The number of carbonyl (C=O) groups excluding carboxylic acids is 1. The fourth-order valence-electron chi connectivity index (χ4n) is 3.44. The van der Waals surface area contributed by atoms with Crippen LogP contribution >= 0.6 is 0 Å². The number of unbranched alkanes of at least 4 members (excludes halogenated alkanes) is 11. The molecular weight excluding hydrogens is 536 g/mol. The van der Waals surface area contributed by atoms with Gasteiger partial charge in [0.2, 0.25) is 10.4 Å². The average Bonchev–Trinajstić information content (AvgIpc) is 2.81. The Morgan fingerprint density at radius 3 is 1.45 bits per heavy atom.